The molecule has 0 amide bonds. The molecular weight excluding hydrogens is 332 g/mol. The molecule has 0 heterocycles. The largest absolute Gasteiger partial charge is 0.497 e. The van der Waals surface area contributed by atoms with Crippen LogP contribution in [0, 0.1) is 5.92 Å². The molecular formula is C13H18Br2O. The lowest BCUT2D eigenvalue weighted by Crippen LogP contribution is -2.04. The Morgan fingerprint density at radius 1 is 1.38 bits per heavy atom. The summed E-state index contributed by atoms with van der Waals surface area (Å²) in [4.78, 5) is 0.396. The van der Waals surface area contributed by atoms with E-state index < -0.39 is 0 Å². The van der Waals surface area contributed by atoms with E-state index in [-0.39, 0.29) is 0 Å². The van der Waals surface area contributed by atoms with E-state index in [0.717, 1.165) is 10.2 Å². The SMILES string of the molecule is CCCC(C)C(Br)c1ccc(OC)cc1Br. The standard InChI is InChI=1S/C13H18Br2O/c1-4-5-9(2)13(15)11-7-6-10(16-3)8-12(11)14/h6-9,13H,4-5H2,1-3H3. The van der Waals surface area contributed by atoms with Crippen molar-refractivity contribution in [1.29, 1.82) is 0 Å². The van der Waals surface area contributed by atoms with Crippen LogP contribution in [0.5, 0.6) is 5.75 Å². The first-order valence-electron chi connectivity index (χ1n) is 5.57. The first-order valence-corrected chi connectivity index (χ1v) is 7.28. The quantitative estimate of drug-likeness (QED) is 0.653. The molecule has 1 nitrogen and oxygen atoms in total. The van der Waals surface area contributed by atoms with E-state index >= 15 is 0 Å². The molecule has 0 N–H and O–H groups in total. The molecule has 0 saturated carbocycles. The maximum Gasteiger partial charge on any atom is 0.120 e. The van der Waals surface area contributed by atoms with Crippen molar-refractivity contribution in [2.75, 3.05) is 7.11 Å². The Morgan fingerprint density at radius 2 is 2.06 bits per heavy atom. The highest BCUT2D eigenvalue weighted by Crippen LogP contribution is 2.38. The molecule has 0 radical (unpaired) electrons. The van der Waals surface area contributed by atoms with Crippen molar-refractivity contribution >= 4 is 31.9 Å². The van der Waals surface area contributed by atoms with Gasteiger partial charge in [-0.15, -0.1) is 0 Å². The van der Waals surface area contributed by atoms with Gasteiger partial charge in [-0.2, -0.15) is 0 Å². The van der Waals surface area contributed by atoms with Gasteiger partial charge < -0.3 is 4.74 Å². The third-order valence-corrected chi connectivity index (χ3v) is 4.83. The van der Waals surface area contributed by atoms with Crippen LogP contribution in [0.3, 0.4) is 0 Å². The first kappa shape index (κ1) is 14.0. The molecule has 0 aliphatic carbocycles. The number of alkyl halides is 1. The monoisotopic (exact) mass is 348 g/mol. The summed E-state index contributed by atoms with van der Waals surface area (Å²) in [5, 5.41) is 0. The predicted octanol–water partition coefficient (Wildman–Crippen LogP) is 5.33. The van der Waals surface area contributed by atoms with Crippen molar-refractivity contribution in [3.63, 3.8) is 0 Å². The van der Waals surface area contributed by atoms with Gasteiger partial charge in [-0.1, -0.05) is 58.2 Å². The Labute approximate surface area is 115 Å². The number of rotatable bonds is 5. The smallest absolute Gasteiger partial charge is 0.120 e. The van der Waals surface area contributed by atoms with Crippen LogP contribution in [0.15, 0.2) is 22.7 Å². The lowest BCUT2D eigenvalue weighted by Gasteiger charge is -2.19. The van der Waals surface area contributed by atoms with Gasteiger partial charge in [0.15, 0.2) is 0 Å². The summed E-state index contributed by atoms with van der Waals surface area (Å²) in [6, 6.07) is 6.14. The van der Waals surface area contributed by atoms with E-state index in [1.165, 1.54) is 18.4 Å². The summed E-state index contributed by atoms with van der Waals surface area (Å²) in [5.41, 5.74) is 1.29. The molecule has 90 valence electrons. The number of benzene rings is 1. The van der Waals surface area contributed by atoms with Crippen molar-refractivity contribution in [2.45, 2.75) is 31.5 Å². The van der Waals surface area contributed by atoms with Crippen molar-refractivity contribution in [3.8, 4) is 5.75 Å². The molecule has 0 fully saturated rings. The molecule has 1 rings (SSSR count). The molecule has 3 heteroatoms. The van der Waals surface area contributed by atoms with Gasteiger partial charge >= 0.3 is 0 Å². The van der Waals surface area contributed by atoms with Crippen molar-refractivity contribution in [2.24, 2.45) is 5.92 Å². The topological polar surface area (TPSA) is 9.23 Å². The fourth-order valence-electron chi connectivity index (χ4n) is 1.77. The van der Waals surface area contributed by atoms with E-state index in [4.69, 9.17) is 4.74 Å². The van der Waals surface area contributed by atoms with Crippen LogP contribution in [0.25, 0.3) is 0 Å². The molecule has 0 spiro atoms. The molecule has 0 bridgehead atoms. The van der Waals surface area contributed by atoms with Crippen molar-refractivity contribution < 1.29 is 4.74 Å². The number of methoxy groups -OCH3 is 1. The maximum atomic E-state index is 5.19. The van der Waals surface area contributed by atoms with Gasteiger partial charge in [0.2, 0.25) is 0 Å². The van der Waals surface area contributed by atoms with Crippen molar-refractivity contribution in [1.82, 2.24) is 0 Å². The average Bonchev–Trinajstić information content (AvgIpc) is 2.28. The minimum atomic E-state index is 0.396. The second-order valence-corrected chi connectivity index (χ2v) is 5.90. The van der Waals surface area contributed by atoms with E-state index in [9.17, 15) is 0 Å². The van der Waals surface area contributed by atoms with Gasteiger partial charge in [-0.05, 0) is 30.0 Å². The van der Waals surface area contributed by atoms with E-state index in [2.05, 4.69) is 51.8 Å². The molecule has 1 aromatic carbocycles. The number of halogens is 2. The second-order valence-electron chi connectivity index (χ2n) is 4.06. The lowest BCUT2D eigenvalue weighted by molar-refractivity contribution is 0.414. The molecule has 0 aliphatic rings. The zero-order valence-corrected chi connectivity index (χ0v) is 13.1. The third-order valence-electron chi connectivity index (χ3n) is 2.75. The minimum absolute atomic E-state index is 0.396. The second kappa shape index (κ2) is 6.65. The average molecular weight is 350 g/mol. The Bertz CT molecular complexity index is 339. The predicted molar refractivity (Wildman–Crippen MR) is 76.4 cm³/mol. The highest BCUT2D eigenvalue weighted by atomic mass is 79.9. The molecule has 0 saturated heterocycles. The summed E-state index contributed by atoms with van der Waals surface area (Å²) in [6.07, 6.45) is 2.45. The molecule has 0 aliphatic heterocycles. The first-order chi connectivity index (χ1) is 7.60. The van der Waals surface area contributed by atoms with Gasteiger partial charge in [-0.25, -0.2) is 0 Å². The van der Waals surface area contributed by atoms with Gasteiger partial charge in [-0.3, -0.25) is 0 Å². The third kappa shape index (κ3) is 3.49. The summed E-state index contributed by atoms with van der Waals surface area (Å²) in [6.45, 7) is 4.50. The zero-order valence-electron chi connectivity index (χ0n) is 9.97. The summed E-state index contributed by atoms with van der Waals surface area (Å²) in [5.74, 6) is 1.52. The van der Waals surface area contributed by atoms with E-state index in [1.54, 1.807) is 7.11 Å². The maximum absolute atomic E-state index is 5.19. The highest BCUT2D eigenvalue weighted by molar-refractivity contribution is 9.11. The Hall–Kier alpha value is -0.0200. The Balaban J connectivity index is 2.87. The minimum Gasteiger partial charge on any atom is -0.497 e. The zero-order chi connectivity index (χ0) is 12.1. The van der Waals surface area contributed by atoms with Gasteiger partial charge in [0.05, 0.1) is 7.11 Å². The van der Waals surface area contributed by atoms with Gasteiger partial charge in [0.25, 0.3) is 0 Å². The molecule has 2 unspecified atom stereocenters. The number of ether oxygens (including phenoxy) is 1. The van der Waals surface area contributed by atoms with Crippen LogP contribution in [-0.4, -0.2) is 7.11 Å². The van der Waals surface area contributed by atoms with Crippen LogP contribution >= 0.6 is 31.9 Å². The van der Waals surface area contributed by atoms with Crippen molar-refractivity contribution in [3.05, 3.63) is 28.2 Å². The molecule has 16 heavy (non-hydrogen) atoms. The fourth-order valence-corrected chi connectivity index (χ4v) is 3.34. The van der Waals surface area contributed by atoms with Gasteiger partial charge in [0.1, 0.15) is 5.75 Å². The van der Waals surface area contributed by atoms with Crippen LogP contribution in [0.1, 0.15) is 37.1 Å². The summed E-state index contributed by atoms with van der Waals surface area (Å²) in [7, 11) is 1.69. The van der Waals surface area contributed by atoms with Gasteiger partial charge in [0, 0.05) is 9.30 Å². The Kier molecular flexibility index (Phi) is 5.84. The van der Waals surface area contributed by atoms with Crippen LogP contribution < -0.4 is 4.74 Å². The molecule has 2 atom stereocenters. The molecule has 1 aromatic rings. The summed E-state index contributed by atoms with van der Waals surface area (Å²) >= 11 is 7.38. The fraction of sp³-hybridized carbons (Fsp3) is 0.538. The highest BCUT2D eigenvalue weighted by Gasteiger charge is 2.18. The summed E-state index contributed by atoms with van der Waals surface area (Å²) < 4.78 is 6.30. The Morgan fingerprint density at radius 3 is 2.56 bits per heavy atom. The molecule has 0 aromatic heterocycles. The number of hydrogen-bond acceptors (Lipinski definition) is 1. The van der Waals surface area contributed by atoms with E-state index in [1.807, 2.05) is 12.1 Å². The normalized spacial score (nSPS) is 14.6. The van der Waals surface area contributed by atoms with Crippen LogP contribution in [0.2, 0.25) is 0 Å². The number of hydrogen-bond donors (Lipinski definition) is 0. The van der Waals surface area contributed by atoms with E-state index in [0.29, 0.717) is 10.7 Å². The van der Waals surface area contributed by atoms with Crippen LogP contribution in [-0.2, 0) is 0 Å². The van der Waals surface area contributed by atoms with Crippen LogP contribution in [0.4, 0.5) is 0 Å². The lowest BCUT2D eigenvalue weighted by atomic mass is 9.97.